The molecule has 0 atom stereocenters. The number of likely N-dealkylation sites (N-methyl/N-ethyl adjacent to an activating group) is 1. The number of nitrogens with one attached hydrogen (secondary N) is 1. The van der Waals surface area contributed by atoms with Crippen molar-refractivity contribution in [2.45, 2.75) is 45.1 Å². The molecule has 2 fully saturated rings. The number of anilines is 3. The van der Waals surface area contributed by atoms with Crippen LogP contribution in [-0.2, 0) is 5.54 Å². The quantitative estimate of drug-likeness (QED) is 0.311. The molecular formula is C29H33FN8O. The second kappa shape index (κ2) is 9.68. The van der Waals surface area contributed by atoms with Crippen molar-refractivity contribution in [3.63, 3.8) is 0 Å². The Morgan fingerprint density at radius 2 is 1.85 bits per heavy atom. The molecule has 3 aromatic heterocycles. The summed E-state index contributed by atoms with van der Waals surface area (Å²) >= 11 is 0. The largest absolute Gasteiger partial charge is 0.369 e. The first-order valence-corrected chi connectivity index (χ1v) is 13.5. The molecule has 1 aliphatic heterocycles. The molecule has 1 aromatic carbocycles. The van der Waals surface area contributed by atoms with E-state index in [2.05, 4.69) is 51.4 Å². The molecule has 4 aromatic rings. The summed E-state index contributed by atoms with van der Waals surface area (Å²) in [6.45, 7) is 9.64. The maximum absolute atomic E-state index is 15.7. The molecule has 1 saturated heterocycles. The number of rotatable bonds is 7. The van der Waals surface area contributed by atoms with Gasteiger partial charge in [0, 0.05) is 49.7 Å². The first kappa shape index (κ1) is 25.4. The van der Waals surface area contributed by atoms with E-state index in [0.717, 1.165) is 44.7 Å². The van der Waals surface area contributed by atoms with E-state index < -0.39 is 5.54 Å². The summed E-state index contributed by atoms with van der Waals surface area (Å²) in [5, 5.41) is 6.89. The monoisotopic (exact) mass is 528 g/mol. The highest BCUT2D eigenvalue weighted by Crippen LogP contribution is 2.45. The Balaban J connectivity index is 1.37. The number of fused-ring (bicyclic) bond motifs is 1. The Kier molecular flexibility index (Phi) is 6.29. The summed E-state index contributed by atoms with van der Waals surface area (Å²) in [6, 6.07) is 11.6. The fourth-order valence-electron chi connectivity index (χ4n) is 5.26. The fraction of sp³-hybridized carbons (Fsp3) is 0.414. The average molecular weight is 529 g/mol. The maximum atomic E-state index is 15.7. The second-order valence-corrected chi connectivity index (χ2v) is 11.2. The van der Waals surface area contributed by atoms with Crippen LogP contribution in [0.5, 0.6) is 0 Å². The third kappa shape index (κ3) is 4.73. The summed E-state index contributed by atoms with van der Waals surface area (Å²) in [5.74, 6) is 0.674. The van der Waals surface area contributed by atoms with E-state index in [1.807, 2.05) is 18.2 Å². The highest BCUT2D eigenvalue weighted by Gasteiger charge is 2.34. The van der Waals surface area contributed by atoms with Crippen LogP contribution in [0.3, 0.4) is 0 Å². The number of hydrogen-bond donors (Lipinski definition) is 1. The van der Waals surface area contributed by atoms with Gasteiger partial charge in [0.25, 0.3) is 0 Å². The number of hydrogen-bond acceptors (Lipinski definition) is 8. The van der Waals surface area contributed by atoms with Crippen LogP contribution in [0.2, 0.25) is 0 Å². The van der Waals surface area contributed by atoms with Crippen LogP contribution in [0.1, 0.15) is 49.6 Å². The predicted octanol–water partition coefficient (Wildman–Crippen LogP) is 5.64. The van der Waals surface area contributed by atoms with Crippen LogP contribution in [0.15, 0.2) is 47.8 Å². The number of nitroso groups, excluding NO2 is 1. The molecule has 1 saturated carbocycles. The molecule has 0 amide bonds. The van der Waals surface area contributed by atoms with E-state index in [1.54, 1.807) is 24.5 Å². The first-order valence-electron chi connectivity index (χ1n) is 13.5. The van der Waals surface area contributed by atoms with Gasteiger partial charge in [0.15, 0.2) is 11.5 Å². The zero-order chi connectivity index (χ0) is 27.3. The Morgan fingerprint density at radius 1 is 1.08 bits per heavy atom. The summed E-state index contributed by atoms with van der Waals surface area (Å²) in [5.41, 5.74) is 3.78. The van der Waals surface area contributed by atoms with Crippen molar-refractivity contribution in [2.24, 2.45) is 5.18 Å². The maximum Gasteiger partial charge on any atom is 0.229 e. The minimum atomic E-state index is -1.01. The number of aromatic nitrogens is 4. The van der Waals surface area contributed by atoms with Gasteiger partial charge in [-0.3, -0.25) is 4.57 Å². The van der Waals surface area contributed by atoms with Crippen molar-refractivity contribution >= 4 is 28.4 Å². The Hall–Kier alpha value is -3.92. The zero-order valence-electron chi connectivity index (χ0n) is 22.8. The number of piperazine rings is 1. The summed E-state index contributed by atoms with van der Waals surface area (Å²) in [7, 11) is 2.15. The minimum Gasteiger partial charge on any atom is -0.369 e. The molecule has 0 bridgehead atoms. The van der Waals surface area contributed by atoms with E-state index in [4.69, 9.17) is 9.97 Å². The van der Waals surface area contributed by atoms with Crippen molar-refractivity contribution in [1.82, 2.24) is 24.4 Å². The van der Waals surface area contributed by atoms with Crippen LogP contribution >= 0.6 is 0 Å². The Bertz CT molecular complexity index is 1550. The lowest BCUT2D eigenvalue weighted by Gasteiger charge is -2.35. The number of halogens is 1. The summed E-state index contributed by atoms with van der Waals surface area (Å²) in [4.78, 5) is 30.1. The van der Waals surface area contributed by atoms with Crippen molar-refractivity contribution in [1.29, 1.82) is 0 Å². The van der Waals surface area contributed by atoms with Gasteiger partial charge in [0.2, 0.25) is 5.95 Å². The smallest absolute Gasteiger partial charge is 0.229 e. The van der Waals surface area contributed by atoms with Gasteiger partial charge < -0.3 is 15.1 Å². The first-order chi connectivity index (χ1) is 18.7. The third-order valence-electron chi connectivity index (χ3n) is 7.76. The molecule has 4 heterocycles. The molecule has 202 valence electrons. The molecule has 10 heteroatoms. The van der Waals surface area contributed by atoms with E-state index >= 15 is 4.39 Å². The van der Waals surface area contributed by atoms with Crippen molar-refractivity contribution < 1.29 is 4.39 Å². The lowest BCUT2D eigenvalue weighted by Crippen LogP contribution is -2.44. The topological polar surface area (TPSA) is 91.5 Å². The van der Waals surface area contributed by atoms with E-state index in [1.165, 1.54) is 17.4 Å². The summed E-state index contributed by atoms with van der Waals surface area (Å²) < 4.78 is 17.5. The lowest BCUT2D eigenvalue weighted by atomic mass is 10.0. The Morgan fingerprint density at radius 3 is 2.54 bits per heavy atom. The zero-order valence-corrected chi connectivity index (χ0v) is 22.8. The fourth-order valence-corrected chi connectivity index (χ4v) is 5.26. The average Bonchev–Trinajstić information content (AvgIpc) is 3.73. The highest BCUT2D eigenvalue weighted by atomic mass is 19.1. The van der Waals surface area contributed by atoms with Gasteiger partial charge in [-0.05, 0) is 76.6 Å². The van der Waals surface area contributed by atoms with Crippen LogP contribution in [0.25, 0.3) is 16.9 Å². The molecular weight excluding hydrogens is 495 g/mol. The van der Waals surface area contributed by atoms with E-state index in [9.17, 15) is 4.91 Å². The third-order valence-corrected chi connectivity index (χ3v) is 7.76. The Labute approximate surface area is 227 Å². The van der Waals surface area contributed by atoms with Crippen molar-refractivity contribution in [2.75, 3.05) is 43.4 Å². The van der Waals surface area contributed by atoms with Gasteiger partial charge in [0.05, 0.1) is 16.8 Å². The second-order valence-electron chi connectivity index (χ2n) is 11.2. The number of nitrogens with zero attached hydrogens (tertiary/aromatic N) is 7. The van der Waals surface area contributed by atoms with Crippen LogP contribution in [-0.4, -0.2) is 57.6 Å². The van der Waals surface area contributed by atoms with Crippen molar-refractivity contribution in [3.05, 3.63) is 70.3 Å². The van der Waals surface area contributed by atoms with Crippen LogP contribution < -0.4 is 10.2 Å². The molecule has 1 aliphatic carbocycles. The van der Waals surface area contributed by atoms with Crippen LogP contribution in [0.4, 0.5) is 21.7 Å². The number of pyridine rings is 1. The van der Waals surface area contributed by atoms with Gasteiger partial charge in [0.1, 0.15) is 11.4 Å². The SMILES string of the molecule is Cc1cc(Nc2ncc3c(F)c(C4CC4)n(-c4cccc(C(C)(C)N=O)n4)c3n2)ccc1N1CCN(C)CC1. The molecule has 39 heavy (non-hydrogen) atoms. The molecule has 9 nitrogen and oxygen atoms in total. The van der Waals surface area contributed by atoms with E-state index in [-0.39, 0.29) is 11.7 Å². The van der Waals surface area contributed by atoms with Crippen LogP contribution in [0, 0.1) is 17.6 Å². The molecule has 0 radical (unpaired) electrons. The van der Waals surface area contributed by atoms with Crippen molar-refractivity contribution in [3.8, 4) is 5.82 Å². The predicted molar refractivity (Wildman–Crippen MR) is 152 cm³/mol. The number of aryl methyl sites for hydroxylation is 1. The van der Waals surface area contributed by atoms with Gasteiger partial charge in [-0.25, -0.2) is 14.4 Å². The lowest BCUT2D eigenvalue weighted by molar-refractivity contribution is 0.312. The molecule has 6 rings (SSSR count). The highest BCUT2D eigenvalue weighted by molar-refractivity contribution is 5.81. The molecule has 1 N–H and O–H groups in total. The van der Waals surface area contributed by atoms with Gasteiger partial charge in [-0.15, -0.1) is 4.91 Å². The minimum absolute atomic E-state index is 0.100. The van der Waals surface area contributed by atoms with E-state index in [0.29, 0.717) is 34.2 Å². The normalized spacial score (nSPS) is 16.6. The molecule has 2 aliphatic rings. The summed E-state index contributed by atoms with van der Waals surface area (Å²) in [6.07, 6.45) is 3.35. The standard InChI is InChI=1S/C29H33FN8O/c1-18-16-20(10-11-22(18)37-14-12-36(4)13-15-37)32-28-31-17-21-25(30)26(19-8-9-19)38(27(21)34-28)24-7-5-6-23(33-24)29(2,3)35-39/h5-7,10-11,16-17,19H,8-9,12-15H2,1-4H3,(H,31,32,34). The number of benzene rings is 1. The molecule has 0 spiro atoms. The molecule has 0 unspecified atom stereocenters. The van der Waals surface area contributed by atoms with Gasteiger partial charge in [-0.2, -0.15) is 4.98 Å². The van der Waals surface area contributed by atoms with Gasteiger partial charge >= 0.3 is 0 Å². The van der Waals surface area contributed by atoms with Gasteiger partial charge in [-0.1, -0.05) is 11.2 Å².